The SMILES string of the molecule is CCCCC(NC(=O)NCCCCC(C)C)C(=O)O. The highest BCUT2D eigenvalue weighted by atomic mass is 16.4. The van der Waals surface area contributed by atoms with E-state index in [1.54, 1.807) is 0 Å². The summed E-state index contributed by atoms with van der Waals surface area (Å²) in [6.07, 6.45) is 5.35. The maximum absolute atomic E-state index is 11.5. The molecule has 19 heavy (non-hydrogen) atoms. The average molecular weight is 272 g/mol. The fraction of sp³-hybridized carbons (Fsp3) is 0.857. The number of carbonyl (C=O) groups excluding carboxylic acids is 1. The third-order valence-corrected chi connectivity index (χ3v) is 2.94. The molecule has 5 heteroatoms. The van der Waals surface area contributed by atoms with Crippen molar-refractivity contribution >= 4 is 12.0 Å². The standard InChI is InChI=1S/C14H28N2O3/c1-4-5-9-12(13(17)18)16-14(19)15-10-7-6-8-11(2)3/h11-12H,4-10H2,1-3H3,(H,17,18)(H2,15,16,19). The minimum atomic E-state index is -0.969. The second kappa shape index (κ2) is 10.6. The molecule has 0 aromatic carbocycles. The summed E-state index contributed by atoms with van der Waals surface area (Å²) in [5, 5.41) is 14.2. The van der Waals surface area contributed by atoms with Crippen molar-refractivity contribution in [2.45, 2.75) is 65.3 Å². The van der Waals surface area contributed by atoms with Crippen LogP contribution in [0, 0.1) is 5.92 Å². The van der Waals surface area contributed by atoms with E-state index in [2.05, 4.69) is 24.5 Å². The van der Waals surface area contributed by atoms with Crippen molar-refractivity contribution < 1.29 is 14.7 Å². The van der Waals surface area contributed by atoms with Crippen LogP contribution in [0.4, 0.5) is 4.79 Å². The van der Waals surface area contributed by atoms with Gasteiger partial charge in [-0.25, -0.2) is 9.59 Å². The maximum atomic E-state index is 11.5. The summed E-state index contributed by atoms with van der Waals surface area (Å²) in [4.78, 5) is 22.5. The first-order valence-corrected chi connectivity index (χ1v) is 7.24. The Morgan fingerprint density at radius 2 is 1.79 bits per heavy atom. The van der Waals surface area contributed by atoms with Crippen molar-refractivity contribution in [1.29, 1.82) is 0 Å². The van der Waals surface area contributed by atoms with Gasteiger partial charge in [0.25, 0.3) is 0 Å². The smallest absolute Gasteiger partial charge is 0.326 e. The van der Waals surface area contributed by atoms with E-state index in [1.165, 1.54) is 0 Å². The molecule has 0 aliphatic heterocycles. The summed E-state index contributed by atoms with van der Waals surface area (Å²) in [5.41, 5.74) is 0. The van der Waals surface area contributed by atoms with E-state index in [1.807, 2.05) is 6.92 Å². The molecule has 0 aromatic heterocycles. The van der Waals surface area contributed by atoms with Gasteiger partial charge < -0.3 is 15.7 Å². The minimum Gasteiger partial charge on any atom is -0.480 e. The molecule has 5 nitrogen and oxygen atoms in total. The molecule has 0 spiro atoms. The van der Waals surface area contributed by atoms with Gasteiger partial charge in [0, 0.05) is 6.54 Å². The number of urea groups is 1. The van der Waals surface area contributed by atoms with Crippen LogP contribution in [0.3, 0.4) is 0 Å². The Balaban J connectivity index is 3.77. The van der Waals surface area contributed by atoms with Gasteiger partial charge in [-0.3, -0.25) is 0 Å². The summed E-state index contributed by atoms with van der Waals surface area (Å²) in [6, 6.07) is -1.16. The largest absolute Gasteiger partial charge is 0.480 e. The first-order chi connectivity index (χ1) is 8.97. The quantitative estimate of drug-likeness (QED) is 0.535. The molecular formula is C14H28N2O3. The number of hydrogen-bond acceptors (Lipinski definition) is 2. The van der Waals surface area contributed by atoms with Crippen molar-refractivity contribution in [2.75, 3.05) is 6.54 Å². The Labute approximate surface area is 116 Å². The molecule has 3 N–H and O–H groups in total. The zero-order chi connectivity index (χ0) is 14.7. The van der Waals surface area contributed by atoms with Crippen molar-refractivity contribution in [3.05, 3.63) is 0 Å². The zero-order valence-corrected chi connectivity index (χ0v) is 12.4. The summed E-state index contributed by atoms with van der Waals surface area (Å²) in [5.74, 6) is -0.289. The molecule has 0 saturated carbocycles. The molecule has 0 bridgehead atoms. The predicted octanol–water partition coefficient (Wildman–Crippen LogP) is 2.76. The molecule has 2 amide bonds. The molecule has 0 radical (unpaired) electrons. The Morgan fingerprint density at radius 1 is 1.11 bits per heavy atom. The predicted molar refractivity (Wildman–Crippen MR) is 76.2 cm³/mol. The number of carboxylic acid groups (broad SMARTS) is 1. The minimum absolute atomic E-state index is 0.381. The Kier molecular flexibility index (Phi) is 9.94. The number of carbonyl (C=O) groups is 2. The van der Waals surface area contributed by atoms with Crippen LogP contribution in [0.1, 0.15) is 59.3 Å². The zero-order valence-electron chi connectivity index (χ0n) is 12.4. The molecular weight excluding hydrogens is 244 g/mol. The van der Waals surface area contributed by atoms with Crippen LogP contribution in [-0.2, 0) is 4.79 Å². The van der Waals surface area contributed by atoms with Crippen LogP contribution in [0.25, 0.3) is 0 Å². The lowest BCUT2D eigenvalue weighted by Crippen LogP contribution is -2.46. The average Bonchev–Trinajstić information content (AvgIpc) is 2.33. The number of unbranched alkanes of at least 4 members (excludes halogenated alkanes) is 2. The molecule has 0 aliphatic carbocycles. The first-order valence-electron chi connectivity index (χ1n) is 7.24. The number of rotatable bonds is 10. The second-order valence-corrected chi connectivity index (χ2v) is 5.32. The van der Waals surface area contributed by atoms with Crippen molar-refractivity contribution in [3.8, 4) is 0 Å². The molecule has 0 aliphatic rings. The number of amides is 2. The topological polar surface area (TPSA) is 78.4 Å². The van der Waals surface area contributed by atoms with Gasteiger partial charge in [-0.05, 0) is 18.8 Å². The highest BCUT2D eigenvalue weighted by Gasteiger charge is 2.18. The molecule has 0 saturated heterocycles. The summed E-state index contributed by atoms with van der Waals surface area (Å²) in [6.45, 7) is 6.93. The Hall–Kier alpha value is -1.26. The van der Waals surface area contributed by atoms with E-state index >= 15 is 0 Å². The number of carboxylic acids is 1. The fourth-order valence-electron chi connectivity index (χ4n) is 1.75. The molecule has 0 fully saturated rings. The van der Waals surface area contributed by atoms with Crippen LogP contribution in [0.2, 0.25) is 0 Å². The van der Waals surface area contributed by atoms with Gasteiger partial charge in [0.15, 0.2) is 0 Å². The first kappa shape index (κ1) is 17.7. The van der Waals surface area contributed by atoms with E-state index in [0.717, 1.165) is 32.1 Å². The molecule has 0 heterocycles. The summed E-state index contributed by atoms with van der Waals surface area (Å²) < 4.78 is 0. The van der Waals surface area contributed by atoms with E-state index in [-0.39, 0.29) is 6.03 Å². The Morgan fingerprint density at radius 3 is 2.32 bits per heavy atom. The number of hydrogen-bond donors (Lipinski definition) is 3. The highest BCUT2D eigenvalue weighted by molar-refractivity contribution is 5.82. The number of nitrogens with one attached hydrogen (secondary N) is 2. The van der Waals surface area contributed by atoms with Crippen LogP contribution >= 0.6 is 0 Å². The van der Waals surface area contributed by atoms with E-state index in [0.29, 0.717) is 18.9 Å². The van der Waals surface area contributed by atoms with E-state index in [4.69, 9.17) is 5.11 Å². The Bertz CT molecular complexity index is 267. The third kappa shape index (κ3) is 10.4. The maximum Gasteiger partial charge on any atom is 0.326 e. The van der Waals surface area contributed by atoms with Crippen LogP contribution in [0.5, 0.6) is 0 Å². The van der Waals surface area contributed by atoms with Gasteiger partial charge >= 0.3 is 12.0 Å². The molecule has 0 aromatic rings. The summed E-state index contributed by atoms with van der Waals surface area (Å²) in [7, 11) is 0. The van der Waals surface area contributed by atoms with E-state index in [9.17, 15) is 9.59 Å². The molecule has 1 atom stereocenters. The van der Waals surface area contributed by atoms with E-state index < -0.39 is 12.0 Å². The van der Waals surface area contributed by atoms with Crippen molar-refractivity contribution in [2.24, 2.45) is 5.92 Å². The van der Waals surface area contributed by atoms with Crippen LogP contribution < -0.4 is 10.6 Å². The van der Waals surface area contributed by atoms with Crippen LogP contribution in [-0.4, -0.2) is 29.7 Å². The van der Waals surface area contributed by atoms with Crippen LogP contribution in [0.15, 0.2) is 0 Å². The van der Waals surface area contributed by atoms with Gasteiger partial charge in [0.1, 0.15) is 6.04 Å². The molecule has 1 unspecified atom stereocenters. The second-order valence-electron chi connectivity index (χ2n) is 5.32. The van der Waals surface area contributed by atoms with Gasteiger partial charge in [-0.15, -0.1) is 0 Å². The van der Waals surface area contributed by atoms with Gasteiger partial charge in [0.05, 0.1) is 0 Å². The molecule has 0 rings (SSSR count). The van der Waals surface area contributed by atoms with Gasteiger partial charge in [-0.2, -0.15) is 0 Å². The lowest BCUT2D eigenvalue weighted by Gasteiger charge is -2.14. The third-order valence-electron chi connectivity index (χ3n) is 2.94. The summed E-state index contributed by atoms with van der Waals surface area (Å²) >= 11 is 0. The normalized spacial score (nSPS) is 12.2. The van der Waals surface area contributed by atoms with Gasteiger partial charge in [0.2, 0.25) is 0 Å². The lowest BCUT2D eigenvalue weighted by molar-refractivity contribution is -0.139. The monoisotopic (exact) mass is 272 g/mol. The lowest BCUT2D eigenvalue weighted by atomic mass is 10.1. The van der Waals surface area contributed by atoms with Gasteiger partial charge in [-0.1, -0.05) is 46.5 Å². The van der Waals surface area contributed by atoms with Crippen molar-refractivity contribution in [3.63, 3.8) is 0 Å². The highest BCUT2D eigenvalue weighted by Crippen LogP contribution is 2.05. The molecule has 112 valence electrons. The fourth-order valence-corrected chi connectivity index (χ4v) is 1.75. The van der Waals surface area contributed by atoms with Crippen molar-refractivity contribution in [1.82, 2.24) is 10.6 Å². The number of aliphatic carboxylic acids is 1.